The second kappa shape index (κ2) is 15.1. The fourth-order valence-corrected chi connectivity index (χ4v) is 2.63. The van der Waals surface area contributed by atoms with Crippen molar-refractivity contribution in [2.45, 2.75) is 24.7 Å². The van der Waals surface area contributed by atoms with E-state index >= 15 is 0 Å². The van der Waals surface area contributed by atoms with Gasteiger partial charge < -0.3 is 20.2 Å². The van der Waals surface area contributed by atoms with Crippen molar-refractivity contribution in [2.24, 2.45) is 0 Å². The quantitative estimate of drug-likeness (QED) is 0.128. The van der Waals surface area contributed by atoms with Crippen LogP contribution in [0.4, 0.5) is 64.1 Å². The Morgan fingerprint density at radius 1 is 0.634 bits per heavy atom. The second-order valence-corrected chi connectivity index (χ2v) is 7.26. The van der Waals surface area contributed by atoms with Gasteiger partial charge in [0.05, 0.1) is 22.3 Å². The maximum absolute atomic E-state index is 12.8. The fraction of sp³-hybridized carbons (Fsp3) is 0.174. The first kappa shape index (κ1) is 39.2. The van der Waals surface area contributed by atoms with Gasteiger partial charge in [-0.05, 0) is 23.9 Å². The molecule has 0 radical (unpaired) electrons. The third kappa shape index (κ3) is 12.9. The molecule has 0 aliphatic rings. The Kier molecular flexibility index (Phi) is 14.4. The first-order valence-electron chi connectivity index (χ1n) is 9.86. The van der Waals surface area contributed by atoms with E-state index in [1.165, 1.54) is 0 Å². The molecular weight excluding hydrogens is 710 g/mol. The van der Waals surface area contributed by atoms with E-state index in [9.17, 15) is 62.3 Å². The minimum atomic E-state index is -5.17. The number of carbonyl (C=O) groups excluding carboxylic acids is 2. The average Bonchev–Trinajstić information content (AvgIpc) is 2.76. The largest absolute Gasteiger partial charge is 2.00 e. The molecule has 0 heterocycles. The van der Waals surface area contributed by atoms with E-state index in [4.69, 9.17) is 0 Å². The Balaban J connectivity index is 0.00000800. The predicted octanol–water partition coefficient (Wildman–Crippen LogP) is 5.65. The number of alkyl halides is 12. The minimum Gasteiger partial charge on any atom is -0.640 e. The molecule has 2 aromatic carbocycles. The standard InChI is InChI=1S/C23H12F12N2O2.K.Pd/c24-20(25,26)12-6-13(21(27,28)29)9-16(8-12)36-18(38)4-2-1-3-5-19(39)37-17-10-14(22(30,31)32)7-15(11-17)23(33,34)35;;/h1-4,6-11H,(H2,36,37,38,39);;/q-2;+1;+2/p-2/b2-1-;;. The van der Waals surface area contributed by atoms with Crippen LogP contribution in [-0.4, -0.2) is 11.8 Å². The van der Waals surface area contributed by atoms with Gasteiger partial charge in [0.2, 0.25) is 0 Å². The van der Waals surface area contributed by atoms with Crippen LogP contribution in [0, 0.1) is 12.5 Å². The summed E-state index contributed by atoms with van der Waals surface area (Å²) in [7, 11) is 0. The zero-order valence-corrected chi connectivity index (χ0v) is 24.5. The first-order chi connectivity index (χ1) is 17.7. The van der Waals surface area contributed by atoms with Crippen molar-refractivity contribution in [3.8, 4) is 0 Å². The molecule has 0 bridgehead atoms. The van der Waals surface area contributed by atoms with E-state index in [-0.39, 0.29) is 108 Å². The van der Waals surface area contributed by atoms with Crippen molar-refractivity contribution in [3.05, 3.63) is 100 Å². The third-order valence-electron chi connectivity index (χ3n) is 4.27. The van der Waals surface area contributed by atoms with Crippen LogP contribution in [0.2, 0.25) is 0 Å². The number of allylic oxidation sites excluding steroid dienone is 2. The molecule has 0 saturated heterocycles. The number of rotatable bonds is 6. The molecule has 4 nitrogen and oxygen atoms in total. The van der Waals surface area contributed by atoms with Crippen LogP contribution in [0.5, 0.6) is 0 Å². The Bertz CT molecular complexity index is 1220. The van der Waals surface area contributed by atoms with Gasteiger partial charge >= 0.3 is 96.5 Å². The van der Waals surface area contributed by atoms with Crippen LogP contribution < -0.4 is 51.4 Å². The summed E-state index contributed by atoms with van der Waals surface area (Å²) in [5, 5.41) is 6.16. The number of hydrogen-bond acceptors (Lipinski definition) is 2. The molecule has 2 aromatic rings. The maximum Gasteiger partial charge on any atom is 2.00 e. The average molecular weight is 720 g/mol. The van der Waals surface area contributed by atoms with Crippen molar-refractivity contribution < 1.29 is 134 Å². The van der Waals surface area contributed by atoms with E-state index in [0.29, 0.717) is 6.42 Å². The summed E-state index contributed by atoms with van der Waals surface area (Å²) in [6.45, 7) is 0. The molecule has 0 fully saturated rings. The smallest absolute Gasteiger partial charge is 0.640 e. The number of nitrogens with zero attached hydrogens (tertiary/aromatic N) is 2. The predicted molar refractivity (Wildman–Crippen MR) is 110 cm³/mol. The number of benzene rings is 2. The van der Waals surface area contributed by atoms with Crippen LogP contribution in [0.15, 0.2) is 54.6 Å². The summed E-state index contributed by atoms with van der Waals surface area (Å²) >= 11 is 0. The van der Waals surface area contributed by atoms with Crippen molar-refractivity contribution in [3.63, 3.8) is 0 Å². The van der Waals surface area contributed by atoms with Gasteiger partial charge in [-0.15, -0.1) is 11.4 Å². The maximum atomic E-state index is 12.8. The van der Waals surface area contributed by atoms with Crippen molar-refractivity contribution >= 4 is 23.2 Å². The molecule has 0 aromatic heterocycles. The number of halogens is 12. The van der Waals surface area contributed by atoms with E-state index in [0.717, 1.165) is 18.2 Å². The number of hydrogen-bond donors (Lipinski definition) is 0. The number of amides is 2. The van der Waals surface area contributed by atoms with Crippen LogP contribution in [0.25, 0.3) is 10.6 Å². The Hall–Kier alpha value is -1.81. The molecule has 0 spiro atoms. The van der Waals surface area contributed by atoms with Crippen molar-refractivity contribution in [2.75, 3.05) is 0 Å². The van der Waals surface area contributed by atoms with Crippen LogP contribution in [0.1, 0.15) is 22.3 Å². The summed E-state index contributed by atoms with van der Waals surface area (Å²) in [4.78, 5) is 23.5. The molecule has 0 saturated carbocycles. The summed E-state index contributed by atoms with van der Waals surface area (Å²) < 4.78 is 154. The molecule has 2 rings (SSSR count). The zero-order chi connectivity index (χ0) is 29.8. The SMILES string of the molecule is O=C([C-]=C/C=C\[CH-]C(=O)[N-]c1cc(C(F)(F)F)cc(C(F)(F)F)c1)[N-]c1cc(C(F)(F)F)cc(C(F)(F)F)c1.[K+].[Pd+2]. The summed E-state index contributed by atoms with van der Waals surface area (Å²) in [5.41, 5.74) is -8.78. The van der Waals surface area contributed by atoms with Gasteiger partial charge in [-0.1, -0.05) is 24.3 Å². The molecule has 220 valence electrons. The van der Waals surface area contributed by atoms with E-state index in [1.54, 1.807) is 0 Å². The zero-order valence-electron chi connectivity index (χ0n) is 19.8. The first-order valence-corrected chi connectivity index (χ1v) is 9.86. The Morgan fingerprint density at radius 2 is 0.976 bits per heavy atom. The van der Waals surface area contributed by atoms with Gasteiger partial charge in [0.1, 0.15) is 0 Å². The fourth-order valence-electron chi connectivity index (χ4n) is 2.63. The molecule has 0 aliphatic heterocycles. The van der Waals surface area contributed by atoms with Gasteiger partial charge in [0, 0.05) is 0 Å². The molecule has 0 atom stereocenters. The van der Waals surface area contributed by atoms with Gasteiger partial charge in [-0.25, -0.2) is 24.3 Å². The van der Waals surface area contributed by atoms with Crippen LogP contribution in [0.3, 0.4) is 0 Å². The van der Waals surface area contributed by atoms with Gasteiger partial charge in [0.25, 0.3) is 0 Å². The van der Waals surface area contributed by atoms with Crippen LogP contribution in [-0.2, 0) is 54.7 Å². The normalized spacial score (nSPS) is 12.5. The van der Waals surface area contributed by atoms with Gasteiger partial charge in [-0.2, -0.15) is 59.1 Å². The van der Waals surface area contributed by atoms with Crippen LogP contribution >= 0.6 is 0 Å². The van der Waals surface area contributed by atoms with E-state index in [1.807, 2.05) is 6.08 Å². The van der Waals surface area contributed by atoms with Crippen molar-refractivity contribution in [1.29, 1.82) is 0 Å². The molecule has 2 amide bonds. The minimum absolute atomic E-state index is 0. The molecule has 0 N–H and O–H groups in total. The Labute approximate surface area is 279 Å². The molecule has 41 heavy (non-hydrogen) atoms. The van der Waals surface area contributed by atoms with Crippen molar-refractivity contribution in [1.82, 2.24) is 0 Å². The van der Waals surface area contributed by atoms with Gasteiger partial charge in [0.15, 0.2) is 0 Å². The molecule has 0 unspecified atom stereocenters. The topological polar surface area (TPSA) is 62.3 Å². The summed E-state index contributed by atoms with van der Waals surface area (Å²) in [6, 6.07) is 0.451. The third-order valence-corrected chi connectivity index (χ3v) is 4.27. The van der Waals surface area contributed by atoms with E-state index in [2.05, 4.69) is 10.6 Å². The number of carbonyl (C=O) groups is 2. The second-order valence-electron chi connectivity index (χ2n) is 7.26. The molecular formula is C23H10F12KN2O2Pd-. The molecule has 0 aliphatic carbocycles. The summed E-state index contributed by atoms with van der Waals surface area (Å²) in [6.07, 6.45) is -15.9. The monoisotopic (exact) mass is 719 g/mol. The van der Waals surface area contributed by atoms with E-state index < -0.39 is 70.1 Å². The molecule has 18 heteroatoms. The van der Waals surface area contributed by atoms with Gasteiger partial charge in [-0.3, -0.25) is 0 Å². The summed E-state index contributed by atoms with van der Waals surface area (Å²) in [5.74, 6) is -2.74. The Morgan fingerprint density at radius 3 is 1.32 bits per heavy atom.